The van der Waals surface area contributed by atoms with E-state index in [1.807, 2.05) is 0 Å². The molecule has 0 unspecified atom stereocenters. The molecule has 0 amide bonds. The average molecular weight is 434 g/mol. The smallest absolute Gasteiger partial charge is 0.150 e. The van der Waals surface area contributed by atoms with Crippen LogP contribution in [0.25, 0.3) is 0 Å². The van der Waals surface area contributed by atoms with Crippen molar-refractivity contribution < 1.29 is 19.4 Å². The van der Waals surface area contributed by atoms with E-state index in [0.29, 0.717) is 24.2 Å². The normalized spacial score (nSPS) is 50.4. The van der Waals surface area contributed by atoms with Gasteiger partial charge in [0.15, 0.2) is 0 Å². The zero-order chi connectivity index (χ0) is 21.8. The van der Waals surface area contributed by atoms with E-state index in [-0.39, 0.29) is 29.0 Å². The number of ketones is 1. The second-order valence-electron chi connectivity index (χ2n) is 12.0. The van der Waals surface area contributed by atoms with Crippen LogP contribution >= 0.6 is 0 Å². The standard InChI is InChI=1S/C26H43NO4/c1-25-9-8-20-18(5-4-17-14-22(28)24(30-3)15-26(17,20)2)19(25)6-7-21(25)23(29)16-27-10-12-31-13-11-27/h17-22,24,28H,4-16H2,1-3H3/t17-,18-,19-,20-,21+,22-,24-,25-,26-/m0/s1. The fourth-order valence-corrected chi connectivity index (χ4v) is 9.11. The number of ether oxygens (including phenoxy) is 2. The first-order valence-electron chi connectivity index (χ1n) is 12.9. The summed E-state index contributed by atoms with van der Waals surface area (Å²) in [5.41, 5.74) is 0.461. The molecule has 9 atom stereocenters. The van der Waals surface area contributed by atoms with Gasteiger partial charge in [-0.15, -0.1) is 0 Å². The number of Topliss-reactive ketones (excluding diaryl/α,β-unsaturated/α-hetero) is 1. The van der Waals surface area contributed by atoms with Crippen molar-refractivity contribution in [1.29, 1.82) is 0 Å². The molecule has 0 aromatic carbocycles. The number of nitrogens with zero attached hydrogens (tertiary/aromatic N) is 1. The van der Waals surface area contributed by atoms with Gasteiger partial charge in [-0.1, -0.05) is 13.8 Å². The average Bonchev–Trinajstić information content (AvgIpc) is 3.12. The number of hydrogen-bond donors (Lipinski definition) is 1. The molecule has 0 radical (unpaired) electrons. The predicted octanol–water partition coefficient (Wildman–Crippen LogP) is 3.53. The highest BCUT2D eigenvalue weighted by atomic mass is 16.5. The van der Waals surface area contributed by atoms with Gasteiger partial charge in [0.1, 0.15) is 5.78 Å². The van der Waals surface area contributed by atoms with Crippen molar-refractivity contribution in [3.8, 4) is 0 Å². The molecule has 4 aliphatic carbocycles. The molecule has 5 heteroatoms. The maximum atomic E-state index is 13.4. The highest BCUT2D eigenvalue weighted by Crippen LogP contribution is 2.67. The molecule has 5 rings (SSSR count). The summed E-state index contributed by atoms with van der Waals surface area (Å²) in [4.78, 5) is 15.7. The van der Waals surface area contributed by atoms with Crippen molar-refractivity contribution in [2.75, 3.05) is 40.0 Å². The van der Waals surface area contributed by atoms with Crippen LogP contribution in [-0.2, 0) is 14.3 Å². The minimum atomic E-state index is -0.304. The Labute approximate surface area is 188 Å². The molecule has 0 aromatic heterocycles. The Morgan fingerprint density at radius 3 is 2.55 bits per heavy atom. The minimum absolute atomic E-state index is 0.0141. The Bertz CT molecular complexity index is 678. The third-order valence-corrected chi connectivity index (χ3v) is 10.8. The second-order valence-corrected chi connectivity index (χ2v) is 12.0. The number of morpholine rings is 1. The molecule has 1 N–H and O–H groups in total. The van der Waals surface area contributed by atoms with Crippen molar-refractivity contribution in [2.45, 2.75) is 77.4 Å². The van der Waals surface area contributed by atoms with Crippen molar-refractivity contribution >= 4 is 5.78 Å². The third-order valence-electron chi connectivity index (χ3n) is 10.8. The quantitative estimate of drug-likeness (QED) is 0.735. The Hall–Kier alpha value is -0.490. The summed E-state index contributed by atoms with van der Waals surface area (Å²) in [6, 6.07) is 0. The molecule has 5 fully saturated rings. The Morgan fingerprint density at radius 1 is 1.06 bits per heavy atom. The molecule has 4 saturated carbocycles. The van der Waals surface area contributed by atoms with Gasteiger partial charge in [0.2, 0.25) is 0 Å². The summed E-state index contributed by atoms with van der Waals surface area (Å²) < 4.78 is 11.2. The van der Waals surface area contributed by atoms with E-state index < -0.39 is 0 Å². The Balaban J connectivity index is 1.32. The SMILES string of the molecule is CO[C@H]1C[C@@]2(C)[C@@H](CC[C@@H]3[C@@H]2CC[C@]2(C)[C@@H](C(=O)CN4CCOCC4)CC[C@@H]32)C[C@@H]1O. The van der Waals surface area contributed by atoms with Crippen molar-refractivity contribution in [1.82, 2.24) is 4.90 Å². The highest BCUT2D eigenvalue weighted by molar-refractivity contribution is 5.84. The van der Waals surface area contributed by atoms with Crippen molar-refractivity contribution in [3.63, 3.8) is 0 Å². The minimum Gasteiger partial charge on any atom is -0.390 e. The number of hydrogen-bond acceptors (Lipinski definition) is 5. The van der Waals surface area contributed by atoms with Gasteiger partial charge in [-0.05, 0) is 85.9 Å². The van der Waals surface area contributed by atoms with Crippen LogP contribution in [0.2, 0.25) is 0 Å². The van der Waals surface area contributed by atoms with Gasteiger partial charge in [-0.25, -0.2) is 0 Å². The first kappa shape index (κ1) is 22.3. The van der Waals surface area contributed by atoms with Crippen LogP contribution in [0.15, 0.2) is 0 Å². The van der Waals surface area contributed by atoms with E-state index in [9.17, 15) is 9.90 Å². The van der Waals surface area contributed by atoms with Gasteiger partial charge in [0, 0.05) is 26.1 Å². The lowest BCUT2D eigenvalue weighted by molar-refractivity contribution is -0.167. The van der Waals surface area contributed by atoms with E-state index in [1.54, 1.807) is 7.11 Å². The van der Waals surface area contributed by atoms with Gasteiger partial charge < -0.3 is 14.6 Å². The van der Waals surface area contributed by atoms with E-state index in [0.717, 1.165) is 57.4 Å². The maximum Gasteiger partial charge on any atom is 0.150 e. The molecule has 0 spiro atoms. The fraction of sp³-hybridized carbons (Fsp3) is 0.962. The van der Waals surface area contributed by atoms with Crippen LogP contribution < -0.4 is 0 Å². The van der Waals surface area contributed by atoms with Crippen molar-refractivity contribution in [3.05, 3.63) is 0 Å². The van der Waals surface area contributed by atoms with Gasteiger partial charge in [0.05, 0.1) is 32.0 Å². The van der Waals surface area contributed by atoms with Gasteiger partial charge in [-0.3, -0.25) is 9.69 Å². The molecule has 1 saturated heterocycles. The molecular formula is C26H43NO4. The summed E-state index contributed by atoms with van der Waals surface area (Å²) in [5.74, 6) is 3.52. The first-order chi connectivity index (χ1) is 14.9. The van der Waals surface area contributed by atoms with Crippen LogP contribution in [0.3, 0.4) is 0 Å². The van der Waals surface area contributed by atoms with E-state index >= 15 is 0 Å². The first-order valence-corrected chi connectivity index (χ1v) is 12.9. The topological polar surface area (TPSA) is 59.0 Å². The van der Waals surface area contributed by atoms with Crippen LogP contribution in [0.4, 0.5) is 0 Å². The molecular weight excluding hydrogens is 390 g/mol. The molecule has 1 aliphatic heterocycles. The number of aliphatic hydroxyl groups excluding tert-OH is 1. The van der Waals surface area contributed by atoms with Crippen LogP contribution in [0.1, 0.15) is 65.2 Å². The molecule has 0 aromatic rings. The molecule has 5 aliphatic rings. The third kappa shape index (κ3) is 3.62. The number of rotatable bonds is 4. The number of aliphatic hydroxyl groups is 1. The molecule has 31 heavy (non-hydrogen) atoms. The number of fused-ring (bicyclic) bond motifs is 5. The number of carbonyl (C=O) groups excluding carboxylic acids is 1. The lowest BCUT2D eigenvalue weighted by Gasteiger charge is -2.61. The van der Waals surface area contributed by atoms with Crippen molar-refractivity contribution in [2.24, 2.45) is 40.4 Å². The van der Waals surface area contributed by atoms with Crippen LogP contribution in [0.5, 0.6) is 0 Å². The summed E-state index contributed by atoms with van der Waals surface area (Å²) in [5, 5.41) is 10.6. The van der Waals surface area contributed by atoms with Gasteiger partial charge in [0.25, 0.3) is 0 Å². The van der Waals surface area contributed by atoms with E-state index in [2.05, 4.69) is 18.7 Å². The summed E-state index contributed by atoms with van der Waals surface area (Å²) in [6.07, 6.45) is 8.88. The largest absolute Gasteiger partial charge is 0.390 e. The monoisotopic (exact) mass is 433 g/mol. The van der Waals surface area contributed by atoms with E-state index in [1.165, 1.54) is 32.1 Å². The molecule has 176 valence electrons. The second kappa shape index (κ2) is 8.38. The Kier molecular flexibility index (Phi) is 6.03. The van der Waals surface area contributed by atoms with Crippen LogP contribution in [0, 0.1) is 40.4 Å². The lowest BCUT2D eigenvalue weighted by Crippen LogP contribution is -2.57. The van der Waals surface area contributed by atoms with Gasteiger partial charge >= 0.3 is 0 Å². The summed E-state index contributed by atoms with van der Waals surface area (Å²) in [6.45, 7) is 8.91. The molecule has 0 bridgehead atoms. The van der Waals surface area contributed by atoms with E-state index in [4.69, 9.17) is 9.47 Å². The fourth-order valence-electron chi connectivity index (χ4n) is 9.11. The number of carbonyl (C=O) groups is 1. The molecule has 5 nitrogen and oxygen atoms in total. The maximum absolute atomic E-state index is 13.4. The number of methoxy groups -OCH3 is 1. The molecule has 1 heterocycles. The zero-order valence-corrected chi connectivity index (χ0v) is 19.9. The Morgan fingerprint density at radius 2 is 1.81 bits per heavy atom. The lowest BCUT2D eigenvalue weighted by atomic mass is 9.44. The summed E-state index contributed by atoms with van der Waals surface area (Å²) >= 11 is 0. The summed E-state index contributed by atoms with van der Waals surface area (Å²) in [7, 11) is 1.76. The predicted molar refractivity (Wildman–Crippen MR) is 120 cm³/mol. The highest BCUT2D eigenvalue weighted by Gasteiger charge is 2.62. The van der Waals surface area contributed by atoms with Gasteiger partial charge in [-0.2, -0.15) is 0 Å². The van der Waals surface area contributed by atoms with Crippen LogP contribution in [-0.4, -0.2) is 68.0 Å². The zero-order valence-electron chi connectivity index (χ0n) is 19.9.